The number of benzene rings is 2. The third-order valence-corrected chi connectivity index (χ3v) is 5.11. The van der Waals surface area contributed by atoms with Crippen LogP contribution in [0.15, 0.2) is 36.4 Å². The predicted octanol–water partition coefficient (Wildman–Crippen LogP) is 4.41. The maximum Gasteiger partial charge on any atom is 0.337 e. The molecule has 0 saturated carbocycles. The highest BCUT2D eigenvalue weighted by Crippen LogP contribution is 2.42. The van der Waals surface area contributed by atoms with Gasteiger partial charge in [-0.3, -0.25) is 0 Å². The van der Waals surface area contributed by atoms with Crippen LogP contribution in [0.4, 0.5) is 0 Å². The van der Waals surface area contributed by atoms with Crippen molar-refractivity contribution in [3.05, 3.63) is 58.7 Å². The summed E-state index contributed by atoms with van der Waals surface area (Å²) >= 11 is 0. The third-order valence-electron chi connectivity index (χ3n) is 5.11. The molecule has 1 aromatic heterocycles. The number of carboxylic acids is 1. The molecule has 2 N–H and O–H groups in total. The van der Waals surface area contributed by atoms with Crippen LogP contribution in [-0.4, -0.2) is 27.9 Å². The molecule has 138 valence electrons. The van der Waals surface area contributed by atoms with Crippen LogP contribution in [0.1, 0.15) is 27.0 Å². The van der Waals surface area contributed by atoms with Crippen LogP contribution >= 0.6 is 0 Å². The zero-order valence-electron chi connectivity index (χ0n) is 15.5. The first-order chi connectivity index (χ1) is 12.9. The highest BCUT2D eigenvalue weighted by molar-refractivity contribution is 5.98. The van der Waals surface area contributed by atoms with E-state index in [-0.39, 0.29) is 11.3 Å². The Labute approximate surface area is 157 Å². The molecule has 0 radical (unpaired) electrons. The largest absolute Gasteiger partial charge is 0.504 e. The summed E-state index contributed by atoms with van der Waals surface area (Å²) in [7, 11) is 1.51. The van der Waals surface area contributed by atoms with Gasteiger partial charge in [0.2, 0.25) is 0 Å². The molecule has 3 aromatic rings. The van der Waals surface area contributed by atoms with Gasteiger partial charge in [0, 0.05) is 17.8 Å². The van der Waals surface area contributed by atoms with E-state index >= 15 is 0 Å². The molecule has 0 fully saturated rings. The Kier molecular flexibility index (Phi) is 3.95. The van der Waals surface area contributed by atoms with E-state index in [1.54, 1.807) is 18.2 Å². The molecule has 0 atom stereocenters. The fourth-order valence-electron chi connectivity index (χ4n) is 4.04. The summed E-state index contributed by atoms with van der Waals surface area (Å²) < 4.78 is 7.32. The van der Waals surface area contributed by atoms with Crippen molar-refractivity contribution in [2.45, 2.75) is 26.8 Å². The van der Waals surface area contributed by atoms with E-state index in [0.29, 0.717) is 18.7 Å². The molecule has 0 amide bonds. The first kappa shape index (κ1) is 17.2. The molecular weight excluding hydrogens is 342 g/mol. The van der Waals surface area contributed by atoms with Crippen molar-refractivity contribution in [3.8, 4) is 34.0 Å². The van der Waals surface area contributed by atoms with Crippen LogP contribution in [-0.2, 0) is 13.0 Å². The number of phenolic OH excluding ortho intramolecular Hbond substituents is 1. The zero-order valence-corrected chi connectivity index (χ0v) is 15.5. The molecule has 0 aliphatic carbocycles. The van der Waals surface area contributed by atoms with E-state index in [9.17, 15) is 15.0 Å². The van der Waals surface area contributed by atoms with Crippen molar-refractivity contribution < 1.29 is 19.7 Å². The van der Waals surface area contributed by atoms with Gasteiger partial charge in [0.15, 0.2) is 11.5 Å². The predicted molar refractivity (Wildman–Crippen MR) is 104 cm³/mol. The van der Waals surface area contributed by atoms with Crippen LogP contribution in [0.3, 0.4) is 0 Å². The Bertz CT molecular complexity index is 1060. The molecule has 0 spiro atoms. The van der Waals surface area contributed by atoms with Crippen molar-refractivity contribution in [1.29, 1.82) is 0 Å². The molecule has 2 aromatic carbocycles. The van der Waals surface area contributed by atoms with Crippen molar-refractivity contribution in [2.24, 2.45) is 0 Å². The second-order valence-electron chi connectivity index (χ2n) is 7.06. The van der Waals surface area contributed by atoms with E-state index in [1.807, 2.05) is 26.0 Å². The van der Waals surface area contributed by atoms with Crippen molar-refractivity contribution in [1.82, 2.24) is 4.57 Å². The van der Waals surface area contributed by atoms with Gasteiger partial charge in [0.25, 0.3) is 0 Å². The molecule has 5 nitrogen and oxygen atoms in total. The number of phenols is 1. The molecule has 2 heterocycles. The molecule has 0 saturated heterocycles. The van der Waals surface area contributed by atoms with E-state index in [0.717, 1.165) is 39.2 Å². The molecular formula is C22H21NO4. The molecule has 4 rings (SSSR count). The maximum absolute atomic E-state index is 12.0. The summed E-state index contributed by atoms with van der Waals surface area (Å²) in [6, 6.07) is 11.3. The number of ether oxygens (including phenoxy) is 1. The average Bonchev–Trinajstić information content (AvgIpc) is 3.00. The van der Waals surface area contributed by atoms with Gasteiger partial charge in [-0.25, -0.2) is 4.79 Å². The lowest BCUT2D eigenvalue weighted by Gasteiger charge is -2.23. The second kappa shape index (κ2) is 6.20. The Morgan fingerprint density at radius 1 is 1.07 bits per heavy atom. The number of hydrogen-bond donors (Lipinski definition) is 2. The van der Waals surface area contributed by atoms with Crippen LogP contribution in [0.5, 0.6) is 11.5 Å². The number of aromatic carboxylic acids is 1. The lowest BCUT2D eigenvalue weighted by Crippen LogP contribution is -2.12. The number of rotatable bonds is 3. The van der Waals surface area contributed by atoms with Gasteiger partial charge in [0.05, 0.1) is 18.4 Å². The van der Waals surface area contributed by atoms with E-state index in [1.165, 1.54) is 7.11 Å². The molecule has 1 aliphatic heterocycles. The van der Waals surface area contributed by atoms with E-state index in [4.69, 9.17) is 4.74 Å². The van der Waals surface area contributed by atoms with Gasteiger partial charge in [-0.15, -0.1) is 0 Å². The van der Waals surface area contributed by atoms with E-state index in [2.05, 4.69) is 10.6 Å². The fraction of sp³-hybridized carbons (Fsp3) is 0.227. The standard InChI is InChI=1S/C22H21NO4/c1-12-6-13(2)8-15(7-12)21-17(22(25)26)10-18-16-11-20(27-3)19(24)9-14(16)4-5-23(18)21/h6-11,24H,4-5H2,1-3H3,(H,25,26). The summed E-state index contributed by atoms with van der Waals surface area (Å²) in [5.74, 6) is -0.462. The monoisotopic (exact) mass is 363 g/mol. The number of methoxy groups -OCH3 is 1. The van der Waals surface area contributed by atoms with Crippen molar-refractivity contribution in [3.63, 3.8) is 0 Å². The summed E-state index contributed by atoms with van der Waals surface area (Å²) in [4.78, 5) is 12.0. The topological polar surface area (TPSA) is 71.7 Å². The van der Waals surface area contributed by atoms with Crippen LogP contribution in [0.2, 0.25) is 0 Å². The number of aryl methyl sites for hydroxylation is 3. The van der Waals surface area contributed by atoms with Gasteiger partial charge in [-0.05, 0) is 61.7 Å². The smallest absolute Gasteiger partial charge is 0.337 e. The Balaban J connectivity index is 2.00. The number of aromatic hydroxyl groups is 1. The Morgan fingerprint density at radius 2 is 1.78 bits per heavy atom. The minimum absolute atomic E-state index is 0.101. The summed E-state index contributed by atoms with van der Waals surface area (Å²) in [6.07, 6.45) is 0.714. The minimum Gasteiger partial charge on any atom is -0.504 e. The second-order valence-corrected chi connectivity index (χ2v) is 7.06. The lowest BCUT2D eigenvalue weighted by atomic mass is 9.97. The maximum atomic E-state index is 12.0. The number of carbonyl (C=O) groups is 1. The molecule has 5 heteroatoms. The molecule has 27 heavy (non-hydrogen) atoms. The van der Waals surface area contributed by atoms with E-state index < -0.39 is 5.97 Å². The SMILES string of the molecule is COc1cc2c(cc1O)CCn1c-2cc(C(=O)O)c1-c1cc(C)cc(C)c1. The third kappa shape index (κ3) is 2.76. The summed E-state index contributed by atoms with van der Waals surface area (Å²) in [5, 5.41) is 19.9. The molecule has 1 aliphatic rings. The number of carboxylic acid groups (broad SMARTS) is 1. The van der Waals surface area contributed by atoms with Gasteiger partial charge >= 0.3 is 5.97 Å². The van der Waals surface area contributed by atoms with Crippen molar-refractivity contribution >= 4 is 5.97 Å². The summed E-state index contributed by atoms with van der Waals surface area (Å²) in [5.41, 5.74) is 6.83. The zero-order chi connectivity index (χ0) is 19.3. The normalized spacial score (nSPS) is 12.4. The minimum atomic E-state index is -0.946. The van der Waals surface area contributed by atoms with Gasteiger partial charge in [0.1, 0.15) is 0 Å². The Hall–Kier alpha value is -3.21. The van der Waals surface area contributed by atoms with Crippen LogP contribution in [0.25, 0.3) is 22.5 Å². The Morgan fingerprint density at radius 3 is 2.41 bits per heavy atom. The number of hydrogen-bond acceptors (Lipinski definition) is 3. The number of fused-ring (bicyclic) bond motifs is 3. The highest BCUT2D eigenvalue weighted by Gasteiger charge is 2.27. The fourth-order valence-corrected chi connectivity index (χ4v) is 4.04. The van der Waals surface area contributed by atoms with Crippen molar-refractivity contribution in [2.75, 3.05) is 7.11 Å². The average molecular weight is 363 g/mol. The van der Waals surface area contributed by atoms with Gasteiger partial charge in [-0.1, -0.05) is 17.2 Å². The number of aromatic nitrogens is 1. The van der Waals surface area contributed by atoms with Gasteiger partial charge in [-0.2, -0.15) is 0 Å². The van der Waals surface area contributed by atoms with Gasteiger partial charge < -0.3 is 19.5 Å². The number of nitrogens with zero attached hydrogens (tertiary/aromatic N) is 1. The molecule has 0 unspecified atom stereocenters. The van der Waals surface area contributed by atoms with Crippen LogP contribution < -0.4 is 4.74 Å². The van der Waals surface area contributed by atoms with Crippen LogP contribution in [0, 0.1) is 13.8 Å². The lowest BCUT2D eigenvalue weighted by molar-refractivity contribution is 0.0697. The molecule has 0 bridgehead atoms. The highest BCUT2D eigenvalue weighted by atomic mass is 16.5. The first-order valence-electron chi connectivity index (χ1n) is 8.84. The summed E-state index contributed by atoms with van der Waals surface area (Å²) in [6.45, 7) is 4.68. The first-order valence-corrected chi connectivity index (χ1v) is 8.84. The quantitative estimate of drug-likeness (QED) is 0.723.